The van der Waals surface area contributed by atoms with E-state index in [9.17, 15) is 9.18 Å². The van der Waals surface area contributed by atoms with Crippen LogP contribution in [-0.4, -0.2) is 58.7 Å². The molecule has 1 amide bonds. The number of aromatic nitrogens is 2. The minimum atomic E-state index is -0.546. The number of aryl methyl sites for hydroxylation is 1. The average molecular weight is 488 g/mol. The van der Waals surface area contributed by atoms with E-state index in [4.69, 9.17) is 18.9 Å². The van der Waals surface area contributed by atoms with E-state index in [-0.39, 0.29) is 17.5 Å². The fourth-order valence-corrected chi connectivity index (χ4v) is 5.11. The molecule has 1 aliphatic carbocycles. The van der Waals surface area contributed by atoms with E-state index in [1.807, 2.05) is 26.8 Å². The van der Waals surface area contributed by atoms with Gasteiger partial charge in [-0.3, -0.25) is 4.98 Å². The number of halogens is 1. The van der Waals surface area contributed by atoms with Gasteiger partial charge in [-0.2, -0.15) is 0 Å². The Morgan fingerprint density at radius 1 is 1.26 bits per heavy atom. The molecular weight excluding hydrogens is 453 g/mol. The van der Waals surface area contributed by atoms with E-state index >= 15 is 0 Å². The van der Waals surface area contributed by atoms with Crippen molar-refractivity contribution in [2.24, 2.45) is 0 Å². The van der Waals surface area contributed by atoms with Crippen LogP contribution in [0.25, 0.3) is 11.0 Å². The van der Waals surface area contributed by atoms with Crippen molar-refractivity contribution < 1.29 is 28.1 Å². The van der Waals surface area contributed by atoms with Crippen LogP contribution in [0.1, 0.15) is 64.9 Å². The van der Waals surface area contributed by atoms with E-state index in [1.165, 1.54) is 6.20 Å². The van der Waals surface area contributed by atoms with Gasteiger partial charge >= 0.3 is 6.09 Å². The second-order valence-corrected chi connectivity index (χ2v) is 11.1. The highest BCUT2D eigenvalue weighted by Gasteiger charge is 2.50. The number of carbonyl (C=O) groups is 1. The van der Waals surface area contributed by atoms with Crippen LogP contribution in [0.2, 0.25) is 0 Å². The number of rotatable bonds is 7. The first-order valence-corrected chi connectivity index (χ1v) is 12.5. The first kappa shape index (κ1) is 24.2. The van der Waals surface area contributed by atoms with Gasteiger partial charge in [-0.1, -0.05) is 0 Å². The standard InChI is InChI=1S/C26H34FN3O5/c1-24(2,3)35-23(31)30-25-9-11-26(12-10-25,34-16-25)8-6-18-19(27)14-28-20-4-5-21(29-22(18)20)33-15-17-7-13-32-17/h4-5,14,17H,6-13,15-16H2,1-3H3,(H,30,31). The van der Waals surface area contributed by atoms with Crippen molar-refractivity contribution >= 4 is 17.1 Å². The summed E-state index contributed by atoms with van der Waals surface area (Å²) in [6.07, 6.45) is 6.32. The lowest BCUT2D eigenvalue weighted by Gasteiger charge is -2.53. The molecule has 0 radical (unpaired) electrons. The molecule has 1 atom stereocenters. The van der Waals surface area contributed by atoms with E-state index in [0.717, 1.165) is 38.7 Å². The maximum absolute atomic E-state index is 14.9. The van der Waals surface area contributed by atoms with Crippen LogP contribution in [0.4, 0.5) is 9.18 Å². The van der Waals surface area contributed by atoms with Crippen molar-refractivity contribution in [1.29, 1.82) is 0 Å². The second kappa shape index (κ2) is 9.17. The Hall–Kier alpha value is -2.52. The minimum absolute atomic E-state index is 0.100. The predicted molar refractivity (Wildman–Crippen MR) is 127 cm³/mol. The highest BCUT2D eigenvalue weighted by molar-refractivity contribution is 5.78. The number of pyridine rings is 2. The number of alkyl carbamates (subject to hydrolysis) is 1. The van der Waals surface area contributed by atoms with Crippen molar-refractivity contribution in [1.82, 2.24) is 15.3 Å². The lowest BCUT2D eigenvalue weighted by Crippen LogP contribution is -2.63. The Labute approximate surface area is 204 Å². The van der Waals surface area contributed by atoms with Crippen molar-refractivity contribution in [3.8, 4) is 5.88 Å². The highest BCUT2D eigenvalue weighted by atomic mass is 19.1. The van der Waals surface area contributed by atoms with Crippen LogP contribution in [0.3, 0.4) is 0 Å². The molecule has 1 N–H and O–H groups in total. The molecule has 2 aromatic rings. The summed E-state index contributed by atoms with van der Waals surface area (Å²) >= 11 is 0. The van der Waals surface area contributed by atoms with Gasteiger partial charge in [0.05, 0.1) is 41.1 Å². The summed E-state index contributed by atoms with van der Waals surface area (Å²) in [4.78, 5) is 21.1. The van der Waals surface area contributed by atoms with E-state index in [1.54, 1.807) is 6.07 Å². The Morgan fingerprint density at radius 3 is 2.66 bits per heavy atom. The molecule has 2 aromatic heterocycles. The first-order valence-electron chi connectivity index (χ1n) is 12.5. The SMILES string of the molecule is CC(C)(C)OC(=O)NC12CCC(CCc3c(F)cnc4ccc(OCC5CCO5)nc34)(CC1)OC2. The molecule has 4 fully saturated rings. The fourth-order valence-electron chi connectivity index (χ4n) is 5.11. The molecule has 0 aromatic carbocycles. The summed E-state index contributed by atoms with van der Waals surface area (Å²) in [5, 5.41) is 3.05. The number of amides is 1. The average Bonchev–Trinajstić information content (AvgIpc) is 2.77. The van der Waals surface area contributed by atoms with Crippen molar-refractivity contribution in [2.45, 2.75) is 88.6 Å². The largest absolute Gasteiger partial charge is 0.475 e. The van der Waals surface area contributed by atoms with Crippen molar-refractivity contribution in [2.75, 3.05) is 19.8 Å². The molecule has 0 spiro atoms. The molecule has 5 heterocycles. The molecule has 1 unspecified atom stereocenters. The van der Waals surface area contributed by atoms with Crippen LogP contribution in [-0.2, 0) is 20.6 Å². The number of hydrogen-bond acceptors (Lipinski definition) is 7. The molecule has 2 bridgehead atoms. The number of hydrogen-bond donors (Lipinski definition) is 1. The number of fused-ring (bicyclic) bond motifs is 4. The summed E-state index contributed by atoms with van der Waals surface area (Å²) in [5.74, 6) is 0.0813. The molecule has 8 nitrogen and oxygen atoms in total. The van der Waals surface area contributed by atoms with Gasteiger partial charge in [0.1, 0.15) is 18.0 Å². The van der Waals surface area contributed by atoms with Gasteiger partial charge in [0.25, 0.3) is 0 Å². The molecule has 1 saturated carbocycles. The summed E-state index contributed by atoms with van der Waals surface area (Å²) in [6.45, 7) is 7.19. The summed E-state index contributed by atoms with van der Waals surface area (Å²) in [6, 6.07) is 3.58. The molecule has 190 valence electrons. The Bertz CT molecular complexity index is 1070. The number of nitrogens with zero attached hydrogens (tertiary/aromatic N) is 2. The number of ether oxygens (including phenoxy) is 4. The molecular formula is C26H34FN3O5. The Kier molecular flexibility index (Phi) is 6.34. The van der Waals surface area contributed by atoms with E-state index in [0.29, 0.717) is 48.5 Å². The Balaban J connectivity index is 1.24. The van der Waals surface area contributed by atoms with E-state index in [2.05, 4.69) is 15.3 Å². The van der Waals surface area contributed by atoms with Crippen LogP contribution in [0.15, 0.2) is 18.3 Å². The lowest BCUT2D eigenvalue weighted by atomic mass is 9.69. The third kappa shape index (κ3) is 5.35. The van der Waals surface area contributed by atoms with Crippen LogP contribution < -0.4 is 10.1 Å². The van der Waals surface area contributed by atoms with Crippen LogP contribution >= 0.6 is 0 Å². The first-order chi connectivity index (χ1) is 16.6. The predicted octanol–water partition coefficient (Wildman–Crippen LogP) is 4.48. The van der Waals surface area contributed by atoms with Crippen molar-refractivity contribution in [3.05, 3.63) is 29.7 Å². The quantitative estimate of drug-likeness (QED) is 0.616. The van der Waals surface area contributed by atoms with Crippen LogP contribution in [0.5, 0.6) is 5.88 Å². The molecule has 9 heteroatoms. The fraction of sp³-hybridized carbons (Fsp3) is 0.654. The maximum atomic E-state index is 14.9. The summed E-state index contributed by atoms with van der Waals surface area (Å²) in [5.41, 5.74) is 0.440. The van der Waals surface area contributed by atoms with Gasteiger partial charge in [0, 0.05) is 24.7 Å². The molecule has 6 rings (SSSR count). The lowest BCUT2D eigenvalue weighted by molar-refractivity contribution is -0.163. The van der Waals surface area contributed by atoms with Gasteiger partial charge in [-0.05, 0) is 65.4 Å². The third-order valence-electron chi connectivity index (χ3n) is 7.32. The molecule has 35 heavy (non-hydrogen) atoms. The van der Waals surface area contributed by atoms with Gasteiger partial charge in [-0.25, -0.2) is 14.2 Å². The third-order valence-corrected chi connectivity index (χ3v) is 7.32. The van der Waals surface area contributed by atoms with Crippen LogP contribution in [0, 0.1) is 5.82 Å². The second-order valence-electron chi connectivity index (χ2n) is 11.1. The smallest absolute Gasteiger partial charge is 0.408 e. The van der Waals surface area contributed by atoms with Gasteiger partial charge in [0.2, 0.25) is 5.88 Å². The molecule has 3 aliphatic heterocycles. The maximum Gasteiger partial charge on any atom is 0.408 e. The minimum Gasteiger partial charge on any atom is -0.475 e. The van der Waals surface area contributed by atoms with Gasteiger partial charge < -0.3 is 24.3 Å². The molecule has 4 aliphatic rings. The zero-order chi connectivity index (χ0) is 24.7. The zero-order valence-electron chi connectivity index (χ0n) is 20.7. The monoisotopic (exact) mass is 487 g/mol. The number of nitrogens with one attached hydrogen (secondary N) is 1. The van der Waals surface area contributed by atoms with Gasteiger partial charge in [0.15, 0.2) is 0 Å². The van der Waals surface area contributed by atoms with E-state index < -0.39 is 17.2 Å². The normalized spacial score (nSPS) is 27.9. The van der Waals surface area contributed by atoms with Crippen molar-refractivity contribution in [3.63, 3.8) is 0 Å². The van der Waals surface area contributed by atoms with Gasteiger partial charge in [-0.15, -0.1) is 0 Å². The topological polar surface area (TPSA) is 91.8 Å². The number of carbonyl (C=O) groups excluding carboxylic acids is 1. The summed E-state index contributed by atoms with van der Waals surface area (Å²) in [7, 11) is 0. The Morgan fingerprint density at radius 2 is 2.03 bits per heavy atom. The summed E-state index contributed by atoms with van der Waals surface area (Å²) < 4.78 is 37.8. The highest BCUT2D eigenvalue weighted by Crippen LogP contribution is 2.46. The zero-order valence-corrected chi connectivity index (χ0v) is 20.7. The molecule has 3 saturated heterocycles.